The second kappa shape index (κ2) is 8.14. The highest BCUT2D eigenvalue weighted by Crippen LogP contribution is 2.25. The molecule has 0 unspecified atom stereocenters. The molecule has 0 atom stereocenters. The molecule has 0 bridgehead atoms. The molecule has 1 aromatic carbocycles. The molecule has 0 aliphatic heterocycles. The number of anilines is 1. The van der Waals surface area contributed by atoms with Crippen LogP contribution in [0.15, 0.2) is 24.3 Å². The number of carbonyl (C=O) groups excluding carboxylic acids is 3. The van der Waals surface area contributed by atoms with Crippen molar-refractivity contribution in [2.45, 2.75) is 52.9 Å². The monoisotopic (exact) mass is 345 g/mol. The smallest absolute Gasteiger partial charge is 0.269 e. The summed E-state index contributed by atoms with van der Waals surface area (Å²) in [6.45, 7) is 5.29. The lowest BCUT2D eigenvalue weighted by Crippen LogP contribution is -2.46. The van der Waals surface area contributed by atoms with Crippen LogP contribution >= 0.6 is 0 Å². The zero-order valence-electron chi connectivity index (χ0n) is 15.1. The lowest BCUT2D eigenvalue weighted by Gasteiger charge is -2.20. The Morgan fingerprint density at radius 2 is 1.52 bits per heavy atom. The maximum absolute atomic E-state index is 12.2. The van der Waals surface area contributed by atoms with Crippen molar-refractivity contribution < 1.29 is 14.4 Å². The van der Waals surface area contributed by atoms with E-state index in [4.69, 9.17) is 0 Å². The van der Waals surface area contributed by atoms with Crippen LogP contribution in [0.25, 0.3) is 0 Å². The Kier molecular flexibility index (Phi) is 6.17. The highest BCUT2D eigenvalue weighted by molar-refractivity contribution is 5.97. The molecule has 1 aliphatic carbocycles. The van der Waals surface area contributed by atoms with E-state index < -0.39 is 11.3 Å². The third kappa shape index (κ3) is 5.59. The zero-order chi connectivity index (χ0) is 18.4. The molecule has 0 heterocycles. The Morgan fingerprint density at radius 1 is 0.920 bits per heavy atom. The van der Waals surface area contributed by atoms with E-state index in [1.54, 1.807) is 45.0 Å². The van der Waals surface area contributed by atoms with Gasteiger partial charge in [-0.1, -0.05) is 40.0 Å². The predicted octanol–water partition coefficient (Wildman–Crippen LogP) is 3.01. The van der Waals surface area contributed by atoms with Gasteiger partial charge in [-0.15, -0.1) is 0 Å². The van der Waals surface area contributed by atoms with Crippen LogP contribution in [0.2, 0.25) is 0 Å². The summed E-state index contributed by atoms with van der Waals surface area (Å²) in [4.78, 5) is 36.0. The van der Waals surface area contributed by atoms with Gasteiger partial charge in [0.2, 0.25) is 11.8 Å². The summed E-state index contributed by atoms with van der Waals surface area (Å²) in [6, 6.07) is 6.63. The van der Waals surface area contributed by atoms with Crippen molar-refractivity contribution in [2.75, 3.05) is 5.32 Å². The maximum Gasteiger partial charge on any atom is 0.269 e. The van der Waals surface area contributed by atoms with Crippen LogP contribution in [-0.2, 0) is 9.59 Å². The van der Waals surface area contributed by atoms with Crippen molar-refractivity contribution in [3.8, 4) is 0 Å². The van der Waals surface area contributed by atoms with Gasteiger partial charge in [0.15, 0.2) is 0 Å². The summed E-state index contributed by atoms with van der Waals surface area (Å²) >= 11 is 0. The van der Waals surface area contributed by atoms with Gasteiger partial charge in [-0.3, -0.25) is 25.2 Å². The number of amides is 3. The maximum atomic E-state index is 12.2. The summed E-state index contributed by atoms with van der Waals surface area (Å²) in [5.41, 5.74) is 5.29. The van der Waals surface area contributed by atoms with Crippen molar-refractivity contribution >= 4 is 23.4 Å². The van der Waals surface area contributed by atoms with Crippen molar-refractivity contribution in [3.63, 3.8) is 0 Å². The largest absolute Gasteiger partial charge is 0.326 e. The van der Waals surface area contributed by atoms with Crippen molar-refractivity contribution in [1.29, 1.82) is 0 Å². The van der Waals surface area contributed by atoms with Gasteiger partial charge in [-0.25, -0.2) is 0 Å². The van der Waals surface area contributed by atoms with E-state index in [0.717, 1.165) is 25.7 Å². The van der Waals surface area contributed by atoms with E-state index in [1.165, 1.54) is 6.42 Å². The van der Waals surface area contributed by atoms with Gasteiger partial charge in [0, 0.05) is 22.6 Å². The minimum atomic E-state index is -0.583. The molecule has 0 aromatic heterocycles. The molecule has 1 saturated carbocycles. The molecule has 1 aliphatic rings. The van der Waals surface area contributed by atoms with Crippen molar-refractivity contribution in [1.82, 2.24) is 10.9 Å². The molecule has 3 amide bonds. The standard InChI is InChI=1S/C19H27N3O3/c1-19(2,3)18(25)22-21-17(24)14-9-11-15(12-10-14)20-16(23)13-7-5-4-6-8-13/h9-13H,4-8H2,1-3H3,(H,20,23)(H,21,24)(H,22,25). The number of rotatable bonds is 3. The number of carbonyl (C=O) groups is 3. The van der Waals surface area contributed by atoms with Crippen LogP contribution in [0, 0.1) is 11.3 Å². The molecule has 0 radical (unpaired) electrons. The van der Waals surface area contributed by atoms with Crippen LogP contribution in [0.4, 0.5) is 5.69 Å². The molecule has 136 valence electrons. The van der Waals surface area contributed by atoms with E-state index in [9.17, 15) is 14.4 Å². The molecule has 2 rings (SSSR count). The lowest BCUT2D eigenvalue weighted by atomic mass is 9.88. The third-order valence-corrected chi connectivity index (χ3v) is 4.36. The Hall–Kier alpha value is -2.37. The first-order valence-electron chi connectivity index (χ1n) is 8.79. The Labute approximate surface area is 148 Å². The molecule has 0 spiro atoms. The van der Waals surface area contributed by atoms with Gasteiger partial charge in [0.05, 0.1) is 0 Å². The fourth-order valence-electron chi connectivity index (χ4n) is 2.69. The summed E-state index contributed by atoms with van der Waals surface area (Å²) in [7, 11) is 0. The third-order valence-electron chi connectivity index (χ3n) is 4.36. The van der Waals surface area contributed by atoms with Gasteiger partial charge in [0.1, 0.15) is 0 Å². The van der Waals surface area contributed by atoms with Crippen LogP contribution in [0.5, 0.6) is 0 Å². The molecule has 25 heavy (non-hydrogen) atoms. The van der Waals surface area contributed by atoms with E-state index in [-0.39, 0.29) is 17.7 Å². The number of hydrogen-bond donors (Lipinski definition) is 3. The minimum Gasteiger partial charge on any atom is -0.326 e. The number of hydrazine groups is 1. The fraction of sp³-hybridized carbons (Fsp3) is 0.526. The number of benzene rings is 1. The van der Waals surface area contributed by atoms with Crippen molar-refractivity contribution in [2.24, 2.45) is 11.3 Å². The first kappa shape index (κ1) is 19.0. The van der Waals surface area contributed by atoms with Gasteiger partial charge < -0.3 is 5.32 Å². The van der Waals surface area contributed by atoms with Crippen LogP contribution in [0.3, 0.4) is 0 Å². The summed E-state index contributed by atoms with van der Waals surface area (Å²) in [5, 5.41) is 2.91. The van der Waals surface area contributed by atoms with Crippen molar-refractivity contribution in [3.05, 3.63) is 29.8 Å². The van der Waals surface area contributed by atoms with Gasteiger partial charge >= 0.3 is 0 Å². The average molecular weight is 345 g/mol. The summed E-state index contributed by atoms with van der Waals surface area (Å²) < 4.78 is 0. The first-order valence-corrected chi connectivity index (χ1v) is 8.79. The number of nitrogens with one attached hydrogen (secondary N) is 3. The zero-order valence-corrected chi connectivity index (χ0v) is 15.1. The van der Waals surface area contributed by atoms with Gasteiger partial charge in [0.25, 0.3) is 5.91 Å². The van der Waals surface area contributed by atoms with E-state index in [2.05, 4.69) is 16.2 Å². The fourth-order valence-corrected chi connectivity index (χ4v) is 2.69. The molecule has 6 nitrogen and oxygen atoms in total. The predicted molar refractivity (Wildman–Crippen MR) is 96.7 cm³/mol. The van der Waals surface area contributed by atoms with Gasteiger partial charge in [-0.2, -0.15) is 0 Å². The van der Waals surface area contributed by atoms with E-state index in [0.29, 0.717) is 11.3 Å². The molecule has 1 fully saturated rings. The Bertz CT molecular complexity index is 626. The Balaban J connectivity index is 1.87. The normalized spacial score (nSPS) is 15.3. The minimum absolute atomic E-state index is 0.0503. The average Bonchev–Trinajstić information content (AvgIpc) is 2.60. The highest BCUT2D eigenvalue weighted by atomic mass is 16.2. The van der Waals surface area contributed by atoms with Crippen LogP contribution < -0.4 is 16.2 Å². The molecular formula is C19H27N3O3. The van der Waals surface area contributed by atoms with Crippen LogP contribution in [0.1, 0.15) is 63.2 Å². The Morgan fingerprint density at radius 3 is 2.08 bits per heavy atom. The second-order valence-corrected chi connectivity index (χ2v) is 7.56. The SMILES string of the molecule is CC(C)(C)C(=O)NNC(=O)c1ccc(NC(=O)C2CCCCC2)cc1. The molecular weight excluding hydrogens is 318 g/mol. The molecule has 6 heteroatoms. The topological polar surface area (TPSA) is 87.3 Å². The van der Waals surface area contributed by atoms with E-state index in [1.807, 2.05) is 0 Å². The first-order chi connectivity index (χ1) is 11.8. The van der Waals surface area contributed by atoms with Crippen LogP contribution in [-0.4, -0.2) is 17.7 Å². The highest BCUT2D eigenvalue weighted by Gasteiger charge is 2.22. The lowest BCUT2D eigenvalue weighted by molar-refractivity contribution is -0.129. The molecule has 3 N–H and O–H groups in total. The molecule has 0 saturated heterocycles. The van der Waals surface area contributed by atoms with Gasteiger partial charge in [-0.05, 0) is 37.1 Å². The number of hydrogen-bond acceptors (Lipinski definition) is 3. The summed E-state index contributed by atoms with van der Waals surface area (Å²) in [6.07, 6.45) is 5.31. The van der Waals surface area contributed by atoms with E-state index >= 15 is 0 Å². The summed E-state index contributed by atoms with van der Waals surface area (Å²) in [5.74, 6) is -0.529. The quantitative estimate of drug-likeness (QED) is 0.736. The second-order valence-electron chi connectivity index (χ2n) is 7.56. The molecule has 1 aromatic rings.